The van der Waals surface area contributed by atoms with Crippen molar-refractivity contribution in [2.75, 3.05) is 50.0 Å². The largest absolute Gasteiger partial charge is 0.492 e. The lowest BCUT2D eigenvalue weighted by atomic mass is 10.2. The normalized spacial score (nSPS) is 15.8. The SMILES string of the molecule is CCC(C(=O)NCCOc1ccc(S(=O)(=O)N2CCOCC2)cc1)N(c1ccccc1F)S(C)(=O)=O. The van der Waals surface area contributed by atoms with E-state index in [1.54, 1.807) is 6.92 Å². The number of halogens is 1. The van der Waals surface area contributed by atoms with Gasteiger partial charge in [-0.25, -0.2) is 21.2 Å². The van der Waals surface area contributed by atoms with Crippen molar-refractivity contribution < 1.29 is 35.5 Å². The molecule has 10 nitrogen and oxygen atoms in total. The summed E-state index contributed by atoms with van der Waals surface area (Å²) in [6.07, 6.45) is 1.04. The van der Waals surface area contributed by atoms with Gasteiger partial charge in [-0.1, -0.05) is 19.1 Å². The topological polar surface area (TPSA) is 122 Å². The van der Waals surface area contributed by atoms with Crippen LogP contribution in [0.25, 0.3) is 0 Å². The third-order valence-corrected chi connectivity index (χ3v) is 8.60. The van der Waals surface area contributed by atoms with Crippen molar-refractivity contribution in [2.45, 2.75) is 24.3 Å². The van der Waals surface area contributed by atoms with E-state index in [0.717, 1.165) is 16.6 Å². The molecule has 0 aromatic heterocycles. The maximum atomic E-state index is 14.3. The maximum absolute atomic E-state index is 14.3. The van der Waals surface area contributed by atoms with Gasteiger partial charge in [0.15, 0.2) is 0 Å². The molecule has 0 aliphatic carbocycles. The zero-order valence-electron chi connectivity index (χ0n) is 20.1. The molecular weight excluding hydrogens is 513 g/mol. The van der Waals surface area contributed by atoms with Crippen LogP contribution in [0.1, 0.15) is 13.3 Å². The number of para-hydroxylation sites is 1. The third-order valence-electron chi connectivity index (χ3n) is 5.52. The summed E-state index contributed by atoms with van der Waals surface area (Å²) in [4.78, 5) is 12.9. The van der Waals surface area contributed by atoms with Crippen molar-refractivity contribution in [1.82, 2.24) is 9.62 Å². The monoisotopic (exact) mass is 543 g/mol. The van der Waals surface area contributed by atoms with E-state index in [2.05, 4.69) is 5.32 Å². The average molecular weight is 544 g/mol. The number of anilines is 1. The van der Waals surface area contributed by atoms with Crippen LogP contribution < -0.4 is 14.4 Å². The number of carbonyl (C=O) groups is 1. The Balaban J connectivity index is 1.58. The van der Waals surface area contributed by atoms with Crippen molar-refractivity contribution >= 4 is 31.6 Å². The Morgan fingerprint density at radius 2 is 1.75 bits per heavy atom. The van der Waals surface area contributed by atoms with E-state index >= 15 is 0 Å². The van der Waals surface area contributed by atoms with Crippen LogP contribution in [-0.2, 0) is 29.6 Å². The molecule has 2 aromatic carbocycles. The fourth-order valence-corrected chi connectivity index (χ4v) is 6.39. The lowest BCUT2D eigenvalue weighted by Crippen LogP contribution is -2.50. The number of benzene rings is 2. The summed E-state index contributed by atoms with van der Waals surface area (Å²) in [7, 11) is -7.57. The van der Waals surface area contributed by atoms with E-state index in [9.17, 15) is 26.0 Å². The number of sulfonamides is 2. The fourth-order valence-electron chi connectivity index (χ4n) is 3.77. The number of ether oxygens (including phenoxy) is 2. The summed E-state index contributed by atoms with van der Waals surface area (Å²) in [5.41, 5.74) is -0.203. The Morgan fingerprint density at radius 1 is 1.11 bits per heavy atom. The van der Waals surface area contributed by atoms with Gasteiger partial charge in [-0.05, 0) is 42.8 Å². The smallest absolute Gasteiger partial charge is 0.244 e. The Morgan fingerprint density at radius 3 is 2.33 bits per heavy atom. The zero-order valence-corrected chi connectivity index (χ0v) is 21.7. The number of morpholine rings is 1. The summed E-state index contributed by atoms with van der Waals surface area (Å²) in [5, 5.41) is 2.62. The maximum Gasteiger partial charge on any atom is 0.244 e. The highest BCUT2D eigenvalue weighted by Crippen LogP contribution is 2.25. The van der Waals surface area contributed by atoms with Gasteiger partial charge in [-0.3, -0.25) is 9.10 Å². The van der Waals surface area contributed by atoms with Crippen LogP contribution in [0, 0.1) is 5.82 Å². The molecule has 0 spiro atoms. The van der Waals surface area contributed by atoms with Crippen molar-refractivity contribution in [3.63, 3.8) is 0 Å². The zero-order chi connectivity index (χ0) is 26.3. The van der Waals surface area contributed by atoms with Crippen LogP contribution in [0.3, 0.4) is 0 Å². The summed E-state index contributed by atoms with van der Waals surface area (Å²) in [6.45, 7) is 3.04. The molecule has 0 radical (unpaired) electrons. The molecule has 1 amide bonds. The molecule has 1 heterocycles. The van der Waals surface area contributed by atoms with Gasteiger partial charge < -0.3 is 14.8 Å². The highest BCUT2D eigenvalue weighted by molar-refractivity contribution is 7.92. The molecule has 1 unspecified atom stereocenters. The van der Waals surface area contributed by atoms with Crippen LogP contribution in [0.15, 0.2) is 53.4 Å². The quantitative estimate of drug-likeness (QED) is 0.427. The second-order valence-electron chi connectivity index (χ2n) is 8.06. The Hall–Kier alpha value is -2.74. The van der Waals surface area contributed by atoms with Gasteiger partial charge in [0.2, 0.25) is 26.0 Å². The second-order valence-corrected chi connectivity index (χ2v) is 11.9. The Labute approximate surface area is 211 Å². The van der Waals surface area contributed by atoms with Crippen LogP contribution in [0.2, 0.25) is 0 Å². The van der Waals surface area contributed by atoms with Gasteiger partial charge in [0.1, 0.15) is 24.2 Å². The number of carbonyl (C=O) groups excluding carboxylic acids is 1. The minimum atomic E-state index is -3.95. The first kappa shape index (κ1) is 27.8. The molecular formula is C23H30FN3O7S2. The van der Waals surface area contributed by atoms with E-state index < -0.39 is 37.8 Å². The predicted molar refractivity (Wildman–Crippen MR) is 132 cm³/mol. The molecule has 1 aliphatic rings. The lowest BCUT2D eigenvalue weighted by molar-refractivity contribution is -0.122. The Kier molecular flexibility index (Phi) is 9.28. The molecule has 0 bridgehead atoms. The summed E-state index contributed by atoms with van der Waals surface area (Å²) in [5.74, 6) is -0.945. The second kappa shape index (κ2) is 12.0. The summed E-state index contributed by atoms with van der Waals surface area (Å²) in [6, 6.07) is 10.1. The van der Waals surface area contributed by atoms with Crippen LogP contribution in [0.5, 0.6) is 5.75 Å². The van der Waals surface area contributed by atoms with E-state index in [-0.39, 0.29) is 30.2 Å². The van der Waals surface area contributed by atoms with Crippen molar-refractivity contribution in [1.29, 1.82) is 0 Å². The number of nitrogens with zero attached hydrogens (tertiary/aromatic N) is 2. The van der Waals surface area contributed by atoms with E-state index in [4.69, 9.17) is 9.47 Å². The molecule has 1 N–H and O–H groups in total. The van der Waals surface area contributed by atoms with Gasteiger partial charge >= 0.3 is 0 Å². The van der Waals surface area contributed by atoms with Crippen molar-refractivity contribution in [3.8, 4) is 5.75 Å². The first-order valence-electron chi connectivity index (χ1n) is 11.4. The van der Waals surface area contributed by atoms with E-state index in [1.165, 1.54) is 46.8 Å². The van der Waals surface area contributed by atoms with Crippen molar-refractivity contribution in [3.05, 3.63) is 54.3 Å². The standard InChI is InChI=1S/C23H30FN3O7S2/c1-3-21(27(35(2,29)30)22-7-5-4-6-20(22)24)23(28)25-12-15-34-18-8-10-19(11-9-18)36(31,32)26-13-16-33-17-14-26/h4-11,21H,3,12-17H2,1-2H3,(H,25,28). The highest BCUT2D eigenvalue weighted by atomic mass is 32.2. The molecule has 1 fully saturated rings. The molecule has 3 rings (SSSR count). The van der Waals surface area contributed by atoms with Gasteiger partial charge in [-0.15, -0.1) is 0 Å². The van der Waals surface area contributed by atoms with Crippen LogP contribution in [0.4, 0.5) is 10.1 Å². The van der Waals surface area contributed by atoms with Gasteiger partial charge in [-0.2, -0.15) is 4.31 Å². The molecule has 36 heavy (non-hydrogen) atoms. The van der Waals surface area contributed by atoms with Crippen LogP contribution in [-0.4, -0.2) is 78.8 Å². The predicted octanol–water partition coefficient (Wildman–Crippen LogP) is 1.59. The molecule has 13 heteroatoms. The fraction of sp³-hybridized carbons (Fsp3) is 0.435. The molecule has 1 aliphatic heterocycles. The molecule has 2 aromatic rings. The van der Waals surface area contributed by atoms with Crippen LogP contribution >= 0.6 is 0 Å². The molecule has 198 valence electrons. The highest BCUT2D eigenvalue weighted by Gasteiger charge is 2.33. The molecule has 0 saturated carbocycles. The first-order valence-corrected chi connectivity index (χ1v) is 14.7. The van der Waals surface area contributed by atoms with Gasteiger partial charge in [0.25, 0.3) is 0 Å². The minimum absolute atomic E-state index is 0.0519. The summed E-state index contributed by atoms with van der Waals surface area (Å²) >= 11 is 0. The Bertz CT molecular complexity index is 1250. The van der Waals surface area contributed by atoms with Gasteiger partial charge in [0.05, 0.1) is 36.6 Å². The number of amides is 1. The number of hydrogen-bond acceptors (Lipinski definition) is 7. The molecule has 1 atom stereocenters. The van der Waals surface area contributed by atoms with Gasteiger partial charge in [0, 0.05) is 13.1 Å². The lowest BCUT2D eigenvalue weighted by Gasteiger charge is -2.30. The number of rotatable bonds is 11. The average Bonchev–Trinajstić information content (AvgIpc) is 2.85. The molecule has 1 saturated heterocycles. The van der Waals surface area contributed by atoms with E-state index in [0.29, 0.717) is 32.1 Å². The minimum Gasteiger partial charge on any atom is -0.492 e. The van der Waals surface area contributed by atoms with E-state index in [1.807, 2.05) is 0 Å². The summed E-state index contributed by atoms with van der Waals surface area (Å²) < 4.78 is 77.4. The number of nitrogens with one attached hydrogen (secondary N) is 1. The van der Waals surface area contributed by atoms with Crippen molar-refractivity contribution in [2.24, 2.45) is 0 Å². The third kappa shape index (κ3) is 6.72. The number of hydrogen-bond donors (Lipinski definition) is 1. The first-order chi connectivity index (χ1) is 17.1.